The monoisotopic (exact) mass is 316 g/mol. The first kappa shape index (κ1) is 14.4. The number of alkyl halides is 1. The summed E-state index contributed by atoms with van der Waals surface area (Å²) >= 11 is 5.95. The Labute approximate surface area is 125 Å². The molecule has 2 heterocycles. The van der Waals surface area contributed by atoms with Crippen LogP contribution in [0.5, 0.6) is 0 Å². The van der Waals surface area contributed by atoms with Gasteiger partial charge in [-0.25, -0.2) is 8.42 Å². The van der Waals surface area contributed by atoms with Gasteiger partial charge in [0.25, 0.3) is 0 Å². The second kappa shape index (κ2) is 5.04. The van der Waals surface area contributed by atoms with Gasteiger partial charge in [-0.3, -0.25) is 0 Å². The molecule has 112 valence electrons. The van der Waals surface area contributed by atoms with Gasteiger partial charge in [-0.05, 0) is 38.2 Å². The fourth-order valence-corrected chi connectivity index (χ4v) is 5.20. The van der Waals surface area contributed by atoms with Gasteiger partial charge < -0.3 is 4.57 Å². The summed E-state index contributed by atoms with van der Waals surface area (Å²) in [4.78, 5) is 0.404. The van der Waals surface area contributed by atoms with Gasteiger partial charge in [0.1, 0.15) is 4.90 Å². The summed E-state index contributed by atoms with van der Waals surface area (Å²) in [5, 5.41) is 0. The third-order valence-electron chi connectivity index (χ3n) is 4.32. The molecule has 0 radical (unpaired) electrons. The lowest BCUT2D eigenvalue weighted by Gasteiger charge is -2.20. The molecular weight excluding hydrogens is 296 g/mol. The number of aromatic nitrogens is 1. The average molecular weight is 317 g/mol. The Hall–Kier alpha value is -0.520. The quantitative estimate of drug-likeness (QED) is 0.801. The minimum atomic E-state index is -3.38. The van der Waals surface area contributed by atoms with Crippen molar-refractivity contribution in [2.45, 2.75) is 56.0 Å². The Balaban J connectivity index is 1.95. The Morgan fingerprint density at radius 1 is 1.35 bits per heavy atom. The van der Waals surface area contributed by atoms with Crippen molar-refractivity contribution in [3.63, 3.8) is 0 Å². The van der Waals surface area contributed by atoms with Crippen LogP contribution in [0.15, 0.2) is 17.2 Å². The van der Waals surface area contributed by atoms with Crippen molar-refractivity contribution in [1.29, 1.82) is 0 Å². The van der Waals surface area contributed by atoms with E-state index >= 15 is 0 Å². The predicted octanol–water partition coefficient (Wildman–Crippen LogP) is 2.98. The largest absolute Gasteiger partial charge is 0.346 e. The first-order valence-corrected chi connectivity index (χ1v) is 9.19. The zero-order chi connectivity index (χ0) is 14.5. The highest BCUT2D eigenvalue weighted by Crippen LogP contribution is 2.38. The molecule has 20 heavy (non-hydrogen) atoms. The summed E-state index contributed by atoms with van der Waals surface area (Å²) in [5.41, 5.74) is 0.910. The van der Waals surface area contributed by atoms with Crippen LogP contribution in [0, 0.1) is 5.92 Å². The van der Waals surface area contributed by atoms with Crippen molar-refractivity contribution in [2.24, 2.45) is 5.92 Å². The van der Waals surface area contributed by atoms with Gasteiger partial charge in [0.05, 0.1) is 5.88 Å². The lowest BCUT2D eigenvalue weighted by molar-refractivity contribution is 0.405. The molecule has 1 aromatic rings. The third-order valence-corrected chi connectivity index (χ3v) is 6.54. The standard InChI is InChI=1S/C14H21ClN2O2S/c1-10-5-11(2)17(8-10)20(18,19)14-6-13(7-15)16(9-14)12-3-4-12/h6,9-12H,3-5,7-8H2,1-2H3. The number of rotatable bonds is 4. The van der Waals surface area contributed by atoms with Crippen molar-refractivity contribution in [3.05, 3.63) is 18.0 Å². The van der Waals surface area contributed by atoms with Crippen molar-refractivity contribution >= 4 is 21.6 Å². The molecule has 1 aliphatic carbocycles. The van der Waals surface area contributed by atoms with Crippen LogP contribution in [0.4, 0.5) is 0 Å². The molecule has 2 aliphatic rings. The van der Waals surface area contributed by atoms with E-state index in [0.29, 0.717) is 29.3 Å². The predicted molar refractivity (Wildman–Crippen MR) is 79.4 cm³/mol. The molecule has 1 saturated carbocycles. The second-order valence-corrected chi connectivity index (χ2v) is 8.36. The highest BCUT2D eigenvalue weighted by atomic mass is 35.5. The van der Waals surface area contributed by atoms with Crippen molar-refractivity contribution in [3.8, 4) is 0 Å². The van der Waals surface area contributed by atoms with Crippen LogP contribution in [0.2, 0.25) is 0 Å². The minimum absolute atomic E-state index is 0.0822. The summed E-state index contributed by atoms with van der Waals surface area (Å²) in [7, 11) is -3.38. The summed E-state index contributed by atoms with van der Waals surface area (Å²) in [5.74, 6) is 0.788. The van der Waals surface area contributed by atoms with E-state index in [1.165, 1.54) is 0 Å². The Morgan fingerprint density at radius 3 is 2.55 bits per heavy atom. The summed E-state index contributed by atoms with van der Waals surface area (Å²) in [6, 6.07) is 2.28. The van der Waals surface area contributed by atoms with Gasteiger partial charge in [0.15, 0.2) is 0 Å². The SMILES string of the molecule is CC1CC(C)N(S(=O)(=O)c2cc(CCl)n(C3CC3)c2)C1. The molecule has 1 aliphatic heterocycles. The second-order valence-electron chi connectivity index (χ2n) is 6.20. The lowest BCUT2D eigenvalue weighted by atomic mass is 10.1. The maximum absolute atomic E-state index is 12.8. The number of sulfonamides is 1. The van der Waals surface area contributed by atoms with E-state index in [1.807, 2.05) is 11.5 Å². The number of halogens is 1. The van der Waals surface area contributed by atoms with Gasteiger partial charge in [0.2, 0.25) is 10.0 Å². The fourth-order valence-electron chi connectivity index (χ4n) is 3.17. The molecule has 0 spiro atoms. The zero-order valence-electron chi connectivity index (χ0n) is 11.9. The van der Waals surface area contributed by atoms with Crippen molar-refractivity contribution in [2.75, 3.05) is 6.54 Å². The molecule has 0 N–H and O–H groups in total. The maximum atomic E-state index is 12.8. The van der Waals surface area contributed by atoms with Gasteiger partial charge in [-0.1, -0.05) is 6.92 Å². The molecule has 1 saturated heterocycles. The molecule has 3 rings (SSSR count). The van der Waals surface area contributed by atoms with Gasteiger partial charge >= 0.3 is 0 Å². The normalized spacial score (nSPS) is 28.1. The molecule has 2 fully saturated rings. The average Bonchev–Trinajstić information content (AvgIpc) is 3.03. The number of hydrogen-bond acceptors (Lipinski definition) is 2. The summed E-state index contributed by atoms with van der Waals surface area (Å²) < 4.78 is 29.3. The molecule has 1 aromatic heterocycles. The number of hydrogen-bond donors (Lipinski definition) is 0. The molecule has 0 amide bonds. The molecule has 2 unspecified atom stereocenters. The highest BCUT2D eigenvalue weighted by molar-refractivity contribution is 7.89. The van der Waals surface area contributed by atoms with Crippen LogP contribution < -0.4 is 0 Å². The molecule has 4 nitrogen and oxygen atoms in total. The molecule has 0 bridgehead atoms. The van der Waals surface area contributed by atoms with Gasteiger partial charge in [-0.15, -0.1) is 11.6 Å². The van der Waals surface area contributed by atoms with E-state index < -0.39 is 10.0 Å². The zero-order valence-corrected chi connectivity index (χ0v) is 13.5. The molecular formula is C14H21ClN2O2S. The summed E-state index contributed by atoms with van der Waals surface area (Å²) in [6.07, 6.45) is 4.95. The van der Waals surface area contributed by atoms with Gasteiger partial charge in [0, 0.05) is 30.5 Å². The molecule has 6 heteroatoms. The number of nitrogens with zero attached hydrogens (tertiary/aromatic N) is 2. The van der Waals surface area contributed by atoms with E-state index in [1.54, 1.807) is 16.6 Å². The van der Waals surface area contributed by atoms with Crippen LogP contribution >= 0.6 is 11.6 Å². The Bertz CT molecular complexity index is 607. The molecule has 2 atom stereocenters. The van der Waals surface area contributed by atoms with E-state index in [-0.39, 0.29) is 6.04 Å². The Morgan fingerprint density at radius 2 is 2.05 bits per heavy atom. The summed E-state index contributed by atoms with van der Waals surface area (Å²) in [6.45, 7) is 4.71. The van der Waals surface area contributed by atoms with E-state index in [9.17, 15) is 8.42 Å². The minimum Gasteiger partial charge on any atom is -0.346 e. The maximum Gasteiger partial charge on any atom is 0.244 e. The van der Waals surface area contributed by atoms with Crippen molar-refractivity contribution in [1.82, 2.24) is 8.87 Å². The van der Waals surface area contributed by atoms with Crippen LogP contribution in [-0.4, -0.2) is 29.9 Å². The van der Waals surface area contributed by atoms with E-state index in [0.717, 1.165) is 25.0 Å². The molecule has 0 aromatic carbocycles. The first-order valence-electron chi connectivity index (χ1n) is 7.22. The smallest absolute Gasteiger partial charge is 0.244 e. The third kappa shape index (κ3) is 2.40. The van der Waals surface area contributed by atoms with Gasteiger partial charge in [-0.2, -0.15) is 4.31 Å². The van der Waals surface area contributed by atoms with E-state index in [4.69, 9.17) is 11.6 Å². The van der Waals surface area contributed by atoms with Crippen LogP contribution in [0.3, 0.4) is 0 Å². The first-order chi connectivity index (χ1) is 9.43. The lowest BCUT2D eigenvalue weighted by Crippen LogP contribution is -2.33. The fraction of sp³-hybridized carbons (Fsp3) is 0.714. The van der Waals surface area contributed by atoms with Crippen LogP contribution in [0.25, 0.3) is 0 Å². The Kier molecular flexibility index (Phi) is 3.63. The van der Waals surface area contributed by atoms with E-state index in [2.05, 4.69) is 6.92 Å². The van der Waals surface area contributed by atoms with Crippen LogP contribution in [-0.2, 0) is 15.9 Å². The van der Waals surface area contributed by atoms with Crippen LogP contribution in [0.1, 0.15) is 44.8 Å². The highest BCUT2D eigenvalue weighted by Gasteiger charge is 2.37. The van der Waals surface area contributed by atoms with Crippen molar-refractivity contribution < 1.29 is 8.42 Å². The topological polar surface area (TPSA) is 42.3 Å².